The molecule has 8 heteroatoms. The Kier molecular flexibility index (Phi) is 4.87. The number of carbonyl (C=O) groups excluding carboxylic acids is 2. The Morgan fingerprint density at radius 1 is 1.36 bits per heavy atom. The van der Waals surface area contributed by atoms with Crippen LogP contribution in [-0.4, -0.2) is 40.2 Å². The summed E-state index contributed by atoms with van der Waals surface area (Å²) in [5, 5.41) is 4.97. The SMILES string of the molecule is CN(C)C(=O)c1cccc(NC(=O)/C=C/c2c(Cl)nc3sccn23)c1. The van der Waals surface area contributed by atoms with E-state index in [2.05, 4.69) is 10.3 Å². The highest BCUT2D eigenvalue weighted by atomic mass is 35.5. The van der Waals surface area contributed by atoms with Crippen molar-refractivity contribution in [3.05, 3.63) is 58.3 Å². The number of fused-ring (bicyclic) bond motifs is 1. The van der Waals surface area contributed by atoms with E-state index in [1.807, 2.05) is 16.0 Å². The van der Waals surface area contributed by atoms with Gasteiger partial charge in [-0.3, -0.25) is 14.0 Å². The van der Waals surface area contributed by atoms with Crippen LogP contribution < -0.4 is 5.32 Å². The summed E-state index contributed by atoms with van der Waals surface area (Å²) in [7, 11) is 3.35. The van der Waals surface area contributed by atoms with Gasteiger partial charge in [-0.05, 0) is 24.3 Å². The third-order valence-electron chi connectivity index (χ3n) is 3.43. The summed E-state index contributed by atoms with van der Waals surface area (Å²) in [6.45, 7) is 0. The van der Waals surface area contributed by atoms with E-state index >= 15 is 0 Å². The van der Waals surface area contributed by atoms with Crippen LogP contribution >= 0.6 is 22.9 Å². The van der Waals surface area contributed by atoms with Crippen molar-refractivity contribution >= 4 is 51.5 Å². The smallest absolute Gasteiger partial charge is 0.253 e. The summed E-state index contributed by atoms with van der Waals surface area (Å²) in [6, 6.07) is 6.78. The number of carbonyl (C=O) groups is 2. The summed E-state index contributed by atoms with van der Waals surface area (Å²) < 4.78 is 1.81. The van der Waals surface area contributed by atoms with Crippen molar-refractivity contribution in [3.63, 3.8) is 0 Å². The molecule has 3 aromatic rings. The van der Waals surface area contributed by atoms with Crippen molar-refractivity contribution in [3.8, 4) is 0 Å². The number of imidazole rings is 1. The molecule has 0 aliphatic rings. The molecule has 0 radical (unpaired) electrons. The number of halogens is 1. The summed E-state index contributed by atoms with van der Waals surface area (Å²) >= 11 is 7.55. The van der Waals surface area contributed by atoms with Crippen LogP contribution in [0.2, 0.25) is 5.15 Å². The molecule has 0 unspecified atom stereocenters. The number of nitrogens with one attached hydrogen (secondary N) is 1. The van der Waals surface area contributed by atoms with E-state index < -0.39 is 0 Å². The molecule has 1 aromatic carbocycles. The molecule has 0 fully saturated rings. The predicted molar refractivity (Wildman–Crippen MR) is 100 cm³/mol. The van der Waals surface area contributed by atoms with Gasteiger partial charge in [0.2, 0.25) is 5.91 Å². The second kappa shape index (κ2) is 7.08. The Labute approximate surface area is 153 Å². The first-order valence-corrected chi connectivity index (χ1v) is 8.63. The number of thiazole rings is 1. The largest absolute Gasteiger partial charge is 0.345 e. The normalized spacial score (nSPS) is 11.2. The fourth-order valence-electron chi connectivity index (χ4n) is 2.25. The lowest BCUT2D eigenvalue weighted by Gasteiger charge is -2.11. The third kappa shape index (κ3) is 3.72. The number of benzene rings is 1. The molecule has 0 aliphatic heterocycles. The van der Waals surface area contributed by atoms with E-state index in [4.69, 9.17) is 11.6 Å². The summed E-state index contributed by atoms with van der Waals surface area (Å²) in [5.74, 6) is -0.451. The molecule has 0 bridgehead atoms. The number of hydrogen-bond donors (Lipinski definition) is 1. The van der Waals surface area contributed by atoms with Gasteiger partial charge in [-0.2, -0.15) is 0 Å². The Balaban J connectivity index is 1.74. The molecule has 0 saturated heterocycles. The highest BCUT2D eigenvalue weighted by Crippen LogP contribution is 2.22. The first-order chi connectivity index (χ1) is 12.0. The van der Waals surface area contributed by atoms with Crippen LogP contribution in [0.25, 0.3) is 11.0 Å². The molecule has 2 amide bonds. The van der Waals surface area contributed by atoms with Gasteiger partial charge in [0.05, 0.1) is 5.69 Å². The van der Waals surface area contributed by atoms with E-state index in [1.165, 1.54) is 22.3 Å². The summed E-state index contributed by atoms with van der Waals surface area (Å²) in [6.07, 6.45) is 4.83. The standard InChI is InChI=1S/C17H15ClN4O2S/c1-21(2)16(24)11-4-3-5-12(10-11)19-14(23)7-6-13-15(18)20-17-22(13)8-9-25-17/h3-10H,1-2H3,(H,19,23)/b7-6+. The molecule has 3 rings (SSSR count). The number of aromatic nitrogens is 2. The lowest BCUT2D eigenvalue weighted by molar-refractivity contribution is -0.111. The summed E-state index contributed by atoms with van der Waals surface area (Å²) in [4.78, 5) is 30.6. The molecule has 0 saturated carbocycles. The van der Waals surface area contributed by atoms with Gasteiger partial charge >= 0.3 is 0 Å². The van der Waals surface area contributed by atoms with Crippen LogP contribution in [0.3, 0.4) is 0 Å². The number of hydrogen-bond acceptors (Lipinski definition) is 4. The maximum atomic E-state index is 12.1. The molecule has 25 heavy (non-hydrogen) atoms. The van der Waals surface area contributed by atoms with Crippen molar-refractivity contribution in [2.45, 2.75) is 0 Å². The number of anilines is 1. The highest BCUT2D eigenvalue weighted by molar-refractivity contribution is 7.15. The van der Waals surface area contributed by atoms with Gasteiger partial charge in [0.25, 0.3) is 5.91 Å². The zero-order valence-corrected chi connectivity index (χ0v) is 15.1. The van der Waals surface area contributed by atoms with Crippen LogP contribution in [0.15, 0.2) is 41.9 Å². The Morgan fingerprint density at radius 2 is 2.16 bits per heavy atom. The second-order valence-electron chi connectivity index (χ2n) is 5.45. The van der Waals surface area contributed by atoms with Crippen molar-refractivity contribution in [2.24, 2.45) is 0 Å². The number of rotatable bonds is 4. The van der Waals surface area contributed by atoms with Crippen molar-refractivity contribution in [1.82, 2.24) is 14.3 Å². The van der Waals surface area contributed by atoms with Gasteiger partial charge in [-0.15, -0.1) is 11.3 Å². The number of nitrogens with zero attached hydrogens (tertiary/aromatic N) is 3. The minimum atomic E-state index is -0.323. The molecule has 0 atom stereocenters. The second-order valence-corrected chi connectivity index (χ2v) is 6.68. The Morgan fingerprint density at radius 3 is 2.92 bits per heavy atom. The third-order valence-corrected chi connectivity index (χ3v) is 4.46. The van der Waals surface area contributed by atoms with Gasteiger partial charge in [-0.1, -0.05) is 17.7 Å². The first-order valence-electron chi connectivity index (χ1n) is 7.37. The van der Waals surface area contributed by atoms with Crippen molar-refractivity contribution in [2.75, 3.05) is 19.4 Å². The molecular formula is C17H15ClN4O2S. The summed E-state index contributed by atoms with van der Waals surface area (Å²) in [5.41, 5.74) is 1.69. The molecular weight excluding hydrogens is 360 g/mol. The first kappa shape index (κ1) is 17.2. The zero-order valence-electron chi connectivity index (χ0n) is 13.6. The average molecular weight is 375 g/mol. The van der Waals surface area contributed by atoms with Crippen LogP contribution in [-0.2, 0) is 4.79 Å². The Bertz CT molecular complexity index is 974. The van der Waals surface area contributed by atoms with Gasteiger partial charge in [0, 0.05) is 43.0 Å². The maximum absolute atomic E-state index is 12.1. The van der Waals surface area contributed by atoms with Crippen LogP contribution in [0, 0.1) is 0 Å². The molecule has 2 heterocycles. The van der Waals surface area contributed by atoms with Gasteiger partial charge in [0.1, 0.15) is 0 Å². The molecule has 2 aromatic heterocycles. The van der Waals surface area contributed by atoms with Crippen molar-refractivity contribution < 1.29 is 9.59 Å². The number of amides is 2. The zero-order chi connectivity index (χ0) is 18.0. The molecule has 6 nitrogen and oxygen atoms in total. The predicted octanol–water partition coefficient (Wildman–Crippen LogP) is 3.40. The lowest BCUT2D eigenvalue weighted by Crippen LogP contribution is -2.21. The van der Waals surface area contributed by atoms with Crippen molar-refractivity contribution in [1.29, 1.82) is 0 Å². The highest BCUT2D eigenvalue weighted by Gasteiger charge is 2.10. The van der Waals surface area contributed by atoms with Gasteiger partial charge in [0.15, 0.2) is 10.1 Å². The molecule has 1 N–H and O–H groups in total. The monoisotopic (exact) mass is 374 g/mol. The molecule has 0 aliphatic carbocycles. The Hall–Kier alpha value is -2.64. The van der Waals surface area contributed by atoms with Gasteiger partial charge in [-0.25, -0.2) is 4.98 Å². The van der Waals surface area contributed by atoms with E-state index in [9.17, 15) is 9.59 Å². The van der Waals surface area contributed by atoms with E-state index in [-0.39, 0.29) is 11.8 Å². The minimum absolute atomic E-state index is 0.127. The quantitative estimate of drug-likeness (QED) is 0.712. The molecule has 0 spiro atoms. The fourth-order valence-corrected chi connectivity index (χ4v) is 3.26. The minimum Gasteiger partial charge on any atom is -0.345 e. The van der Waals surface area contributed by atoms with Crippen LogP contribution in [0.1, 0.15) is 16.1 Å². The van der Waals surface area contributed by atoms with Crippen LogP contribution in [0.4, 0.5) is 5.69 Å². The maximum Gasteiger partial charge on any atom is 0.253 e. The van der Waals surface area contributed by atoms with Gasteiger partial charge < -0.3 is 10.2 Å². The van der Waals surface area contributed by atoms with E-state index in [0.29, 0.717) is 22.1 Å². The van der Waals surface area contributed by atoms with Crippen LogP contribution in [0.5, 0.6) is 0 Å². The average Bonchev–Trinajstić information content (AvgIpc) is 3.13. The molecule has 128 valence electrons. The van der Waals surface area contributed by atoms with E-state index in [0.717, 1.165) is 4.96 Å². The lowest BCUT2D eigenvalue weighted by atomic mass is 10.2. The van der Waals surface area contributed by atoms with E-state index in [1.54, 1.807) is 44.4 Å². The fraction of sp³-hybridized carbons (Fsp3) is 0.118. The topological polar surface area (TPSA) is 66.7 Å².